The maximum absolute atomic E-state index is 12.6. The second-order valence-corrected chi connectivity index (χ2v) is 12.1. The average molecular weight is 399 g/mol. The van der Waals surface area contributed by atoms with Crippen LogP contribution >= 0.6 is 0 Å². The molecule has 8 heteroatoms. The molecule has 0 fully saturated rings. The molecule has 1 aromatic heterocycles. The summed E-state index contributed by atoms with van der Waals surface area (Å²) in [7, 11) is -1.50. The normalized spacial score (nSPS) is 10.9. The third kappa shape index (κ3) is 6.25. The molecule has 0 saturated heterocycles. The van der Waals surface area contributed by atoms with E-state index in [-0.39, 0.29) is 26.1 Å². The number of hydrogen-bond donors (Lipinski definition) is 0. The summed E-state index contributed by atoms with van der Waals surface area (Å²) in [5.74, 6) is 5.95. The molecule has 0 aromatic carbocycles. The van der Waals surface area contributed by atoms with E-state index in [0.29, 0.717) is 0 Å². The molecule has 1 heterocycles. The number of hydrogen-bond acceptors (Lipinski definition) is 4. The lowest BCUT2D eigenvalue weighted by atomic mass is 10.4. The monoisotopic (exact) mass is 398 g/mol. The predicted molar refractivity (Wildman–Crippen MR) is 114 cm³/mol. The quantitative estimate of drug-likeness (QED) is 0.360. The molecular weight excluding hydrogens is 372 g/mol. The highest BCUT2D eigenvalue weighted by molar-refractivity contribution is 6.78. The van der Waals surface area contributed by atoms with E-state index in [2.05, 4.69) is 38.1 Å². The minimum Gasteiger partial charge on any atom is -0.247 e. The third-order valence-electron chi connectivity index (χ3n) is 3.99. The van der Waals surface area contributed by atoms with Gasteiger partial charge in [0.1, 0.15) is 0 Å². The number of nitriles is 1. The molecule has 28 heavy (non-hydrogen) atoms. The zero-order valence-electron chi connectivity index (χ0n) is 16.5. The molecule has 0 aliphatic carbocycles. The molecule has 7 nitrogen and oxygen atoms in total. The van der Waals surface area contributed by atoms with Crippen molar-refractivity contribution in [3.05, 3.63) is 68.9 Å². The molecule has 0 N–H and O–H groups in total. The maximum atomic E-state index is 12.6. The molecule has 148 valence electrons. The Hall–Kier alpha value is -3.10. The smallest absolute Gasteiger partial charge is 0.247 e. The van der Waals surface area contributed by atoms with Gasteiger partial charge in [-0.2, -0.15) is 5.26 Å². The minimum absolute atomic E-state index is 0.00738. The molecule has 0 bridgehead atoms. The average Bonchev–Trinajstić information content (AvgIpc) is 2.63. The summed E-state index contributed by atoms with van der Waals surface area (Å²) in [4.78, 5) is 37.7. The van der Waals surface area contributed by atoms with Gasteiger partial charge < -0.3 is 0 Å². The van der Waals surface area contributed by atoms with Crippen molar-refractivity contribution in [1.82, 2.24) is 13.7 Å². The van der Waals surface area contributed by atoms with Crippen molar-refractivity contribution in [1.29, 1.82) is 5.26 Å². The van der Waals surface area contributed by atoms with Gasteiger partial charge in [-0.05, 0) is 6.04 Å². The van der Waals surface area contributed by atoms with E-state index in [4.69, 9.17) is 5.26 Å². The lowest BCUT2D eigenvalue weighted by Gasteiger charge is -2.16. The van der Waals surface area contributed by atoms with Crippen molar-refractivity contribution in [3.8, 4) is 17.9 Å². The molecule has 0 aliphatic rings. The highest BCUT2D eigenvalue weighted by Crippen LogP contribution is 2.14. The molecule has 1 aromatic rings. The van der Waals surface area contributed by atoms with Crippen LogP contribution in [0.15, 0.2) is 51.8 Å². The Morgan fingerprint density at radius 3 is 2.11 bits per heavy atom. The van der Waals surface area contributed by atoms with Crippen LogP contribution in [0.2, 0.25) is 25.2 Å². The Morgan fingerprint density at radius 1 is 0.929 bits per heavy atom. The SMILES string of the molecule is C=CCn1c(=O)n(CC#CC[Si](C)(C)CC=C)c(=O)n(CC=CCC#N)c1=O. The highest BCUT2D eigenvalue weighted by atomic mass is 28.3. The third-order valence-corrected chi connectivity index (χ3v) is 6.51. The fourth-order valence-electron chi connectivity index (χ4n) is 2.47. The van der Waals surface area contributed by atoms with Crippen LogP contribution < -0.4 is 17.1 Å². The van der Waals surface area contributed by atoms with Gasteiger partial charge in [-0.25, -0.2) is 28.1 Å². The maximum Gasteiger partial charge on any atom is 0.337 e. The Kier molecular flexibility index (Phi) is 8.93. The first-order valence-electron chi connectivity index (χ1n) is 8.93. The van der Waals surface area contributed by atoms with Gasteiger partial charge in [-0.15, -0.1) is 19.1 Å². The largest absolute Gasteiger partial charge is 0.337 e. The van der Waals surface area contributed by atoms with Crippen molar-refractivity contribution >= 4 is 8.07 Å². The van der Waals surface area contributed by atoms with Crippen LogP contribution in [0.5, 0.6) is 0 Å². The number of nitrogens with zero attached hydrogens (tertiary/aromatic N) is 4. The molecule has 0 spiro atoms. The summed E-state index contributed by atoms with van der Waals surface area (Å²) in [6.07, 6.45) is 6.59. The van der Waals surface area contributed by atoms with Gasteiger partial charge in [0.2, 0.25) is 0 Å². The summed E-state index contributed by atoms with van der Waals surface area (Å²) in [5.41, 5.74) is -2.13. The van der Waals surface area contributed by atoms with Crippen LogP contribution in [0.3, 0.4) is 0 Å². The lowest BCUT2D eigenvalue weighted by Crippen LogP contribution is -2.54. The molecule has 0 radical (unpaired) electrons. The standard InChI is InChI=1S/C20H26N4O3Si/c1-5-13-22-18(25)23(14-9-7-8-12-21)20(27)24(19(22)26)15-10-11-17-28(3,4)16-6-2/h5-7,9H,1-2,8,13-17H2,3-4H3. The summed E-state index contributed by atoms with van der Waals surface area (Å²) in [6.45, 7) is 11.6. The van der Waals surface area contributed by atoms with Crippen molar-refractivity contribution in [2.45, 2.75) is 51.2 Å². The van der Waals surface area contributed by atoms with E-state index < -0.39 is 25.1 Å². The Balaban J connectivity index is 3.30. The minimum atomic E-state index is -1.50. The molecule has 0 unspecified atom stereocenters. The second-order valence-electron chi connectivity index (χ2n) is 6.96. The summed E-state index contributed by atoms with van der Waals surface area (Å²) in [5, 5.41) is 8.57. The van der Waals surface area contributed by atoms with E-state index in [1.165, 1.54) is 6.08 Å². The van der Waals surface area contributed by atoms with Crippen molar-refractivity contribution in [3.63, 3.8) is 0 Å². The highest BCUT2D eigenvalue weighted by Gasteiger charge is 2.17. The van der Waals surface area contributed by atoms with Crippen LogP contribution in [0, 0.1) is 23.2 Å². The van der Waals surface area contributed by atoms with Gasteiger partial charge in [-0.1, -0.05) is 43.3 Å². The molecule has 0 atom stereocenters. The van der Waals surface area contributed by atoms with E-state index in [0.717, 1.165) is 25.8 Å². The van der Waals surface area contributed by atoms with Crippen LogP contribution in [-0.4, -0.2) is 21.8 Å². The molecular formula is C20H26N4O3Si. The number of allylic oxidation sites excluding steroid dienone is 4. The van der Waals surface area contributed by atoms with Gasteiger partial charge in [0.25, 0.3) is 0 Å². The molecule has 0 amide bonds. The fourth-order valence-corrected chi connectivity index (χ4v) is 4.00. The van der Waals surface area contributed by atoms with Crippen molar-refractivity contribution in [2.75, 3.05) is 0 Å². The Morgan fingerprint density at radius 2 is 1.54 bits per heavy atom. The number of aromatic nitrogens is 3. The second kappa shape index (κ2) is 10.9. The van der Waals surface area contributed by atoms with Crippen LogP contribution in [-0.2, 0) is 19.6 Å². The molecule has 0 aliphatic heterocycles. The van der Waals surface area contributed by atoms with Crippen LogP contribution in [0.25, 0.3) is 0 Å². The molecule has 1 rings (SSSR count). The van der Waals surface area contributed by atoms with E-state index in [1.807, 2.05) is 12.1 Å². The topological polar surface area (TPSA) is 89.8 Å². The Bertz CT molecular complexity index is 1020. The first kappa shape index (κ1) is 22.9. The van der Waals surface area contributed by atoms with Gasteiger partial charge in [0.05, 0.1) is 40.2 Å². The summed E-state index contributed by atoms with van der Waals surface area (Å²) in [6, 6.07) is 3.61. The fraction of sp³-hybridized carbons (Fsp3) is 0.400. The van der Waals surface area contributed by atoms with Gasteiger partial charge in [-0.3, -0.25) is 0 Å². The lowest BCUT2D eigenvalue weighted by molar-refractivity contribution is 0.504. The van der Waals surface area contributed by atoms with Crippen LogP contribution in [0.4, 0.5) is 0 Å². The van der Waals surface area contributed by atoms with Gasteiger partial charge in [0, 0.05) is 6.04 Å². The van der Waals surface area contributed by atoms with Gasteiger partial charge >= 0.3 is 17.1 Å². The predicted octanol–water partition coefficient (Wildman–Crippen LogP) is 1.73. The van der Waals surface area contributed by atoms with Crippen molar-refractivity contribution < 1.29 is 0 Å². The van der Waals surface area contributed by atoms with Crippen molar-refractivity contribution in [2.24, 2.45) is 0 Å². The zero-order valence-corrected chi connectivity index (χ0v) is 17.5. The van der Waals surface area contributed by atoms with Gasteiger partial charge in [0.15, 0.2) is 0 Å². The first-order valence-corrected chi connectivity index (χ1v) is 12.3. The van der Waals surface area contributed by atoms with E-state index in [9.17, 15) is 14.4 Å². The van der Waals surface area contributed by atoms with Crippen LogP contribution in [0.1, 0.15) is 6.42 Å². The summed E-state index contributed by atoms with van der Waals surface area (Å²) < 4.78 is 2.86. The molecule has 0 saturated carbocycles. The Labute approximate surface area is 165 Å². The first-order chi connectivity index (χ1) is 13.3. The summed E-state index contributed by atoms with van der Waals surface area (Å²) >= 11 is 0. The zero-order chi connectivity index (χ0) is 21.2. The number of rotatable bonds is 9. The van der Waals surface area contributed by atoms with E-state index >= 15 is 0 Å². The van der Waals surface area contributed by atoms with E-state index in [1.54, 1.807) is 12.2 Å².